The number of nitrogens with two attached hydrogens (primary N) is 1. The third-order valence-electron chi connectivity index (χ3n) is 3.02. The molecule has 0 spiro atoms. The molecule has 110 valence electrons. The highest BCUT2D eigenvalue weighted by molar-refractivity contribution is 7.80. The molecule has 3 N–H and O–H groups in total. The van der Waals surface area contributed by atoms with Crippen molar-refractivity contribution in [1.29, 1.82) is 0 Å². The van der Waals surface area contributed by atoms with Crippen LogP contribution in [-0.2, 0) is 13.5 Å². The van der Waals surface area contributed by atoms with E-state index in [0.29, 0.717) is 22.0 Å². The first-order valence-corrected chi connectivity index (χ1v) is 7.14. The lowest BCUT2D eigenvalue weighted by Crippen LogP contribution is -2.17. The molecule has 0 bridgehead atoms. The number of thiocarbonyl (C=S) groups is 1. The van der Waals surface area contributed by atoms with E-state index >= 15 is 0 Å². The third-order valence-corrected chi connectivity index (χ3v) is 3.59. The van der Waals surface area contributed by atoms with E-state index in [-0.39, 0.29) is 10.9 Å². The molecule has 0 unspecified atom stereocenters. The Bertz CT molecular complexity index is 711. The molecule has 0 fully saturated rings. The van der Waals surface area contributed by atoms with E-state index in [1.807, 2.05) is 6.92 Å². The van der Waals surface area contributed by atoms with E-state index in [1.54, 1.807) is 36.0 Å². The van der Waals surface area contributed by atoms with Gasteiger partial charge in [-0.3, -0.25) is 9.48 Å². The number of aryl methyl sites for hydroxylation is 2. The molecule has 0 aliphatic carbocycles. The van der Waals surface area contributed by atoms with Gasteiger partial charge in [-0.15, -0.1) is 0 Å². The molecule has 0 saturated carbocycles. The van der Waals surface area contributed by atoms with Gasteiger partial charge in [0.05, 0.1) is 16.4 Å². The number of halogens is 1. The van der Waals surface area contributed by atoms with Gasteiger partial charge in [-0.1, -0.05) is 36.8 Å². The molecule has 0 aliphatic rings. The van der Waals surface area contributed by atoms with Gasteiger partial charge in [0, 0.05) is 12.6 Å². The van der Waals surface area contributed by atoms with Crippen molar-refractivity contribution in [1.82, 2.24) is 9.78 Å². The summed E-state index contributed by atoms with van der Waals surface area (Å²) < 4.78 is 1.54. The molecule has 0 atom stereocenters. The van der Waals surface area contributed by atoms with Gasteiger partial charge in [-0.25, -0.2) is 0 Å². The second-order valence-electron chi connectivity index (χ2n) is 4.51. The first kappa shape index (κ1) is 15.5. The number of nitrogens with zero attached hydrogens (tertiary/aromatic N) is 2. The fourth-order valence-corrected chi connectivity index (χ4v) is 2.16. The van der Waals surface area contributed by atoms with Crippen LogP contribution in [0.25, 0.3) is 0 Å². The van der Waals surface area contributed by atoms with Crippen molar-refractivity contribution in [3.8, 4) is 0 Å². The van der Waals surface area contributed by atoms with Crippen molar-refractivity contribution in [3.63, 3.8) is 0 Å². The average molecular weight is 323 g/mol. The van der Waals surface area contributed by atoms with E-state index in [4.69, 9.17) is 29.6 Å². The monoisotopic (exact) mass is 322 g/mol. The van der Waals surface area contributed by atoms with E-state index in [0.717, 1.165) is 12.1 Å². The Hall–Kier alpha value is -1.92. The largest absolute Gasteiger partial charge is 0.389 e. The van der Waals surface area contributed by atoms with Gasteiger partial charge in [-0.2, -0.15) is 5.10 Å². The van der Waals surface area contributed by atoms with Crippen molar-refractivity contribution in [3.05, 3.63) is 46.2 Å². The Kier molecular flexibility index (Phi) is 4.59. The van der Waals surface area contributed by atoms with Gasteiger partial charge < -0.3 is 11.1 Å². The summed E-state index contributed by atoms with van der Waals surface area (Å²) >= 11 is 11.0. The number of aromatic nitrogens is 2. The molecule has 2 rings (SSSR count). The van der Waals surface area contributed by atoms with Crippen LogP contribution in [0, 0.1) is 0 Å². The fourth-order valence-electron chi connectivity index (χ4n) is 1.87. The highest BCUT2D eigenvalue weighted by Gasteiger charge is 2.14. The van der Waals surface area contributed by atoms with E-state index in [2.05, 4.69) is 10.4 Å². The summed E-state index contributed by atoms with van der Waals surface area (Å²) in [6, 6.07) is 6.76. The highest BCUT2D eigenvalue weighted by Crippen LogP contribution is 2.23. The molecule has 0 radical (unpaired) electrons. The SMILES string of the molecule is CCc1cc(C(=O)Nc2cc(C(N)=S)ccc2Cl)n(C)n1. The van der Waals surface area contributed by atoms with Crippen LogP contribution < -0.4 is 11.1 Å². The minimum absolute atomic E-state index is 0.246. The van der Waals surface area contributed by atoms with E-state index in [1.165, 1.54) is 0 Å². The summed E-state index contributed by atoms with van der Waals surface area (Å²) in [4.78, 5) is 12.5. The number of benzene rings is 1. The highest BCUT2D eigenvalue weighted by atomic mass is 35.5. The molecule has 21 heavy (non-hydrogen) atoms. The number of rotatable bonds is 4. The Morgan fingerprint density at radius 2 is 2.19 bits per heavy atom. The summed E-state index contributed by atoms with van der Waals surface area (Å²) in [5.74, 6) is -0.285. The molecule has 0 aliphatic heterocycles. The maximum Gasteiger partial charge on any atom is 0.273 e. The van der Waals surface area contributed by atoms with E-state index in [9.17, 15) is 4.79 Å². The minimum atomic E-state index is -0.285. The van der Waals surface area contributed by atoms with Crippen LogP contribution >= 0.6 is 23.8 Å². The van der Waals surface area contributed by atoms with Gasteiger partial charge in [0.25, 0.3) is 5.91 Å². The van der Waals surface area contributed by atoms with Crippen LogP contribution in [0.3, 0.4) is 0 Å². The standard InChI is InChI=1S/C14H15ClN4OS/c1-3-9-7-12(19(2)18-9)14(20)17-11-6-8(13(16)21)4-5-10(11)15/h4-7H,3H2,1-2H3,(H2,16,21)(H,17,20). The zero-order valence-electron chi connectivity index (χ0n) is 11.7. The maximum absolute atomic E-state index is 12.3. The van der Waals surface area contributed by atoms with E-state index < -0.39 is 0 Å². The predicted molar refractivity (Wildman–Crippen MR) is 87.9 cm³/mol. The van der Waals surface area contributed by atoms with Gasteiger partial charge in [0.1, 0.15) is 10.7 Å². The Balaban J connectivity index is 2.28. The molecule has 7 heteroatoms. The molecule has 2 aromatic rings. The Morgan fingerprint density at radius 1 is 1.48 bits per heavy atom. The van der Waals surface area contributed by atoms with Crippen LogP contribution in [0.4, 0.5) is 5.69 Å². The number of hydrogen-bond acceptors (Lipinski definition) is 3. The van der Waals surface area contributed by atoms with Crippen LogP contribution in [0.2, 0.25) is 5.02 Å². The summed E-state index contributed by atoms with van der Waals surface area (Å²) in [5, 5.41) is 7.41. The maximum atomic E-state index is 12.3. The van der Waals surface area contributed by atoms with Crippen molar-refractivity contribution < 1.29 is 4.79 Å². The Labute approximate surface area is 133 Å². The summed E-state index contributed by atoms with van der Waals surface area (Å²) in [6.07, 6.45) is 0.763. The third kappa shape index (κ3) is 3.40. The number of nitrogens with one attached hydrogen (secondary N) is 1. The normalized spacial score (nSPS) is 10.4. The van der Waals surface area contributed by atoms with Gasteiger partial charge in [0.2, 0.25) is 0 Å². The Morgan fingerprint density at radius 3 is 2.76 bits per heavy atom. The second kappa shape index (κ2) is 6.24. The van der Waals surface area contributed by atoms with Crippen LogP contribution in [0.1, 0.15) is 28.7 Å². The number of anilines is 1. The lowest BCUT2D eigenvalue weighted by atomic mass is 10.2. The summed E-state index contributed by atoms with van der Waals surface area (Å²) in [5.41, 5.74) is 8.00. The van der Waals surface area contributed by atoms with Crippen LogP contribution in [0.5, 0.6) is 0 Å². The van der Waals surface area contributed by atoms with Crippen molar-refractivity contribution in [2.45, 2.75) is 13.3 Å². The zero-order chi connectivity index (χ0) is 15.6. The van der Waals surface area contributed by atoms with Crippen molar-refractivity contribution in [2.75, 3.05) is 5.32 Å². The first-order valence-electron chi connectivity index (χ1n) is 6.36. The quantitative estimate of drug-likeness (QED) is 0.848. The smallest absolute Gasteiger partial charge is 0.273 e. The second-order valence-corrected chi connectivity index (χ2v) is 5.36. The van der Waals surface area contributed by atoms with Crippen LogP contribution in [0.15, 0.2) is 24.3 Å². The van der Waals surface area contributed by atoms with Gasteiger partial charge in [0.15, 0.2) is 0 Å². The van der Waals surface area contributed by atoms with Crippen LogP contribution in [-0.4, -0.2) is 20.7 Å². The summed E-state index contributed by atoms with van der Waals surface area (Å²) in [7, 11) is 1.72. The molecule has 1 aromatic heterocycles. The number of amides is 1. The first-order chi connectivity index (χ1) is 9.92. The molecule has 0 saturated heterocycles. The molecule has 5 nitrogen and oxygen atoms in total. The molecular formula is C14H15ClN4OS. The average Bonchev–Trinajstić information content (AvgIpc) is 2.82. The zero-order valence-corrected chi connectivity index (χ0v) is 13.3. The van der Waals surface area contributed by atoms with Gasteiger partial charge >= 0.3 is 0 Å². The molecule has 1 aromatic carbocycles. The fraction of sp³-hybridized carbons (Fsp3) is 0.214. The number of hydrogen-bond donors (Lipinski definition) is 2. The number of carbonyl (C=O) groups excluding carboxylic acids is 1. The molecular weight excluding hydrogens is 308 g/mol. The predicted octanol–water partition coefficient (Wildman–Crippen LogP) is 2.52. The summed E-state index contributed by atoms with van der Waals surface area (Å²) in [6.45, 7) is 1.98. The van der Waals surface area contributed by atoms with Gasteiger partial charge in [-0.05, 0) is 24.6 Å². The lowest BCUT2D eigenvalue weighted by molar-refractivity contribution is 0.101. The van der Waals surface area contributed by atoms with Crippen molar-refractivity contribution in [2.24, 2.45) is 12.8 Å². The lowest BCUT2D eigenvalue weighted by Gasteiger charge is -2.09. The van der Waals surface area contributed by atoms with Crippen molar-refractivity contribution >= 4 is 40.4 Å². The topological polar surface area (TPSA) is 72.9 Å². The minimum Gasteiger partial charge on any atom is -0.389 e. The molecule has 1 heterocycles. The number of carbonyl (C=O) groups is 1. The molecule has 1 amide bonds.